The van der Waals surface area contributed by atoms with Crippen molar-refractivity contribution < 1.29 is 9.90 Å². The van der Waals surface area contributed by atoms with Gasteiger partial charge in [-0.3, -0.25) is 0 Å². The molecule has 0 saturated heterocycles. The average Bonchev–Trinajstić information content (AvgIpc) is 2.26. The zero-order valence-electron chi connectivity index (χ0n) is 12.5. The van der Waals surface area contributed by atoms with Crippen molar-refractivity contribution in [2.75, 3.05) is 18.0 Å². The number of nitrogens with zero attached hydrogens (tertiary/aromatic N) is 2. The lowest BCUT2D eigenvalue weighted by molar-refractivity contribution is 0.0697. The third-order valence-electron chi connectivity index (χ3n) is 2.72. The summed E-state index contributed by atoms with van der Waals surface area (Å²) in [7, 11) is 0. The van der Waals surface area contributed by atoms with Crippen LogP contribution in [0, 0.1) is 18.8 Å². The van der Waals surface area contributed by atoms with Crippen LogP contribution in [0.15, 0.2) is 12.1 Å². The Morgan fingerprint density at radius 1 is 1.21 bits per heavy atom. The molecule has 19 heavy (non-hydrogen) atoms. The number of pyridine rings is 1. The van der Waals surface area contributed by atoms with Crippen LogP contribution in [-0.4, -0.2) is 29.1 Å². The van der Waals surface area contributed by atoms with Crippen molar-refractivity contribution in [2.45, 2.75) is 34.6 Å². The van der Waals surface area contributed by atoms with Crippen molar-refractivity contribution in [1.82, 2.24) is 4.98 Å². The molecule has 0 aliphatic heterocycles. The lowest BCUT2D eigenvalue weighted by Crippen LogP contribution is -2.33. The summed E-state index contributed by atoms with van der Waals surface area (Å²) in [6.45, 7) is 12.0. The predicted molar refractivity (Wildman–Crippen MR) is 77.8 cm³/mol. The van der Waals surface area contributed by atoms with Crippen molar-refractivity contribution in [3.8, 4) is 0 Å². The molecule has 1 rings (SSSR count). The van der Waals surface area contributed by atoms with E-state index >= 15 is 0 Å². The second kappa shape index (κ2) is 6.55. The molecule has 106 valence electrons. The number of hydrogen-bond acceptors (Lipinski definition) is 3. The maximum Gasteiger partial charge on any atom is 0.339 e. The summed E-state index contributed by atoms with van der Waals surface area (Å²) in [5.41, 5.74) is 1.13. The van der Waals surface area contributed by atoms with Gasteiger partial charge in [0.2, 0.25) is 0 Å². The molecule has 0 amide bonds. The Hall–Kier alpha value is -1.58. The Bertz CT molecular complexity index is 432. The number of anilines is 1. The Kier molecular flexibility index (Phi) is 5.33. The summed E-state index contributed by atoms with van der Waals surface area (Å²) >= 11 is 0. The molecule has 0 bridgehead atoms. The van der Waals surface area contributed by atoms with Crippen molar-refractivity contribution in [1.29, 1.82) is 0 Å². The molecule has 1 aromatic heterocycles. The van der Waals surface area contributed by atoms with E-state index in [0.717, 1.165) is 18.8 Å². The molecule has 0 radical (unpaired) electrons. The summed E-state index contributed by atoms with van der Waals surface area (Å²) in [6.07, 6.45) is 0. The third-order valence-corrected chi connectivity index (χ3v) is 2.72. The molecule has 1 aromatic rings. The van der Waals surface area contributed by atoms with Gasteiger partial charge in [-0.05, 0) is 30.9 Å². The van der Waals surface area contributed by atoms with Crippen LogP contribution in [0.2, 0.25) is 0 Å². The number of rotatable bonds is 6. The van der Waals surface area contributed by atoms with Crippen LogP contribution in [0.1, 0.15) is 43.7 Å². The molecule has 0 saturated carbocycles. The highest BCUT2D eigenvalue weighted by Crippen LogP contribution is 2.21. The Morgan fingerprint density at radius 3 is 2.16 bits per heavy atom. The summed E-state index contributed by atoms with van der Waals surface area (Å²) in [5, 5.41) is 9.31. The molecule has 0 atom stereocenters. The SMILES string of the molecule is Cc1ccc(C(=O)O)c(N(CC(C)C)CC(C)C)n1. The fraction of sp³-hybridized carbons (Fsp3) is 0.600. The number of aromatic carboxylic acids is 1. The number of hydrogen-bond donors (Lipinski definition) is 1. The molecule has 1 heterocycles. The van der Waals surface area contributed by atoms with E-state index in [-0.39, 0.29) is 5.56 Å². The molecule has 4 heteroatoms. The second-order valence-corrected chi connectivity index (χ2v) is 5.82. The number of carboxylic acid groups (broad SMARTS) is 1. The molecule has 0 unspecified atom stereocenters. The topological polar surface area (TPSA) is 53.4 Å². The monoisotopic (exact) mass is 264 g/mol. The largest absolute Gasteiger partial charge is 0.478 e. The molecule has 0 aliphatic carbocycles. The molecule has 4 nitrogen and oxygen atoms in total. The quantitative estimate of drug-likeness (QED) is 0.857. The predicted octanol–water partition coefficient (Wildman–Crippen LogP) is 3.21. The van der Waals surface area contributed by atoms with E-state index < -0.39 is 5.97 Å². The normalized spacial score (nSPS) is 11.1. The van der Waals surface area contributed by atoms with Crippen molar-refractivity contribution in [3.05, 3.63) is 23.4 Å². The highest BCUT2D eigenvalue weighted by molar-refractivity contribution is 5.93. The van der Waals surface area contributed by atoms with E-state index in [2.05, 4.69) is 37.6 Å². The second-order valence-electron chi connectivity index (χ2n) is 5.82. The smallest absolute Gasteiger partial charge is 0.339 e. The molecular weight excluding hydrogens is 240 g/mol. The highest BCUT2D eigenvalue weighted by Gasteiger charge is 2.19. The Balaban J connectivity index is 3.18. The Labute approximate surface area is 115 Å². The highest BCUT2D eigenvalue weighted by atomic mass is 16.4. The van der Waals surface area contributed by atoms with Crippen LogP contribution in [0.25, 0.3) is 0 Å². The first-order valence-corrected chi connectivity index (χ1v) is 6.77. The van der Waals surface area contributed by atoms with E-state index in [1.54, 1.807) is 12.1 Å². The van der Waals surface area contributed by atoms with Crippen LogP contribution in [0.3, 0.4) is 0 Å². The molecule has 1 N–H and O–H groups in total. The standard InChI is InChI=1S/C15H24N2O2/c1-10(2)8-17(9-11(3)4)14-13(15(18)19)7-6-12(5)16-14/h6-7,10-11H,8-9H2,1-5H3,(H,18,19). The number of carbonyl (C=O) groups is 1. The molecular formula is C15H24N2O2. The van der Waals surface area contributed by atoms with Gasteiger partial charge in [-0.15, -0.1) is 0 Å². The molecule has 0 fully saturated rings. The summed E-state index contributed by atoms with van der Waals surface area (Å²) in [5.74, 6) is 0.598. The van der Waals surface area contributed by atoms with E-state index in [4.69, 9.17) is 0 Å². The first kappa shape index (κ1) is 15.5. The maximum atomic E-state index is 11.3. The van der Waals surface area contributed by atoms with Crippen LogP contribution in [0.5, 0.6) is 0 Å². The van der Waals surface area contributed by atoms with Gasteiger partial charge in [-0.1, -0.05) is 27.7 Å². The van der Waals surface area contributed by atoms with Gasteiger partial charge in [0.05, 0.1) is 0 Å². The summed E-state index contributed by atoms with van der Waals surface area (Å²) < 4.78 is 0. The number of aromatic nitrogens is 1. The van der Waals surface area contributed by atoms with Gasteiger partial charge in [0.25, 0.3) is 0 Å². The van der Waals surface area contributed by atoms with Gasteiger partial charge >= 0.3 is 5.97 Å². The fourth-order valence-electron chi connectivity index (χ4n) is 2.08. The van der Waals surface area contributed by atoms with E-state index in [0.29, 0.717) is 17.7 Å². The minimum absolute atomic E-state index is 0.284. The summed E-state index contributed by atoms with van der Waals surface area (Å²) in [4.78, 5) is 17.9. The van der Waals surface area contributed by atoms with Crippen molar-refractivity contribution >= 4 is 11.8 Å². The molecule has 0 spiro atoms. The minimum Gasteiger partial charge on any atom is -0.478 e. The first-order chi connectivity index (χ1) is 8.81. The third kappa shape index (κ3) is 4.54. The minimum atomic E-state index is -0.917. The van der Waals surface area contributed by atoms with Crippen LogP contribution < -0.4 is 4.90 Å². The van der Waals surface area contributed by atoms with Gasteiger partial charge < -0.3 is 10.0 Å². The first-order valence-electron chi connectivity index (χ1n) is 6.77. The zero-order valence-corrected chi connectivity index (χ0v) is 12.5. The average molecular weight is 264 g/mol. The zero-order chi connectivity index (χ0) is 14.6. The van der Waals surface area contributed by atoms with E-state index in [1.807, 2.05) is 6.92 Å². The summed E-state index contributed by atoms with van der Waals surface area (Å²) in [6, 6.07) is 3.39. The van der Waals surface area contributed by atoms with Crippen molar-refractivity contribution in [2.24, 2.45) is 11.8 Å². The van der Waals surface area contributed by atoms with Crippen LogP contribution >= 0.6 is 0 Å². The fourth-order valence-corrected chi connectivity index (χ4v) is 2.08. The van der Waals surface area contributed by atoms with Gasteiger partial charge in [-0.25, -0.2) is 9.78 Å². The van der Waals surface area contributed by atoms with Crippen LogP contribution in [-0.2, 0) is 0 Å². The number of aryl methyl sites for hydroxylation is 1. The lowest BCUT2D eigenvalue weighted by atomic mass is 10.1. The van der Waals surface area contributed by atoms with Gasteiger partial charge in [0, 0.05) is 18.8 Å². The van der Waals surface area contributed by atoms with Crippen LogP contribution in [0.4, 0.5) is 5.82 Å². The molecule has 0 aliphatic rings. The molecule has 0 aromatic carbocycles. The maximum absolute atomic E-state index is 11.3. The van der Waals surface area contributed by atoms with Gasteiger partial charge in [0.1, 0.15) is 11.4 Å². The van der Waals surface area contributed by atoms with Crippen molar-refractivity contribution in [3.63, 3.8) is 0 Å². The van der Waals surface area contributed by atoms with Gasteiger partial charge in [-0.2, -0.15) is 0 Å². The van der Waals surface area contributed by atoms with E-state index in [9.17, 15) is 9.90 Å². The lowest BCUT2D eigenvalue weighted by Gasteiger charge is -2.28. The Morgan fingerprint density at radius 2 is 1.74 bits per heavy atom. The number of carboxylic acids is 1. The van der Waals surface area contributed by atoms with E-state index in [1.165, 1.54) is 0 Å². The van der Waals surface area contributed by atoms with Gasteiger partial charge in [0.15, 0.2) is 0 Å².